The van der Waals surface area contributed by atoms with Crippen LogP contribution in [0.2, 0.25) is 0 Å². The van der Waals surface area contributed by atoms with E-state index in [0.717, 1.165) is 35.0 Å². The summed E-state index contributed by atoms with van der Waals surface area (Å²) in [5.74, 6) is -0.595. The zero-order valence-electron chi connectivity index (χ0n) is 20.8. The SMILES string of the molecule is CCOC(=O)Cn1c(=NC(=O)c2ccc(S(=O)(=O)N3CCCC(C)C3)cc2)sc2cc(CC)ccc21. The summed E-state index contributed by atoms with van der Waals surface area (Å²) in [4.78, 5) is 30.1. The second kappa shape index (κ2) is 11.1. The highest BCUT2D eigenvalue weighted by atomic mass is 32.2. The third kappa shape index (κ3) is 5.61. The molecule has 1 aliphatic rings. The number of amides is 1. The summed E-state index contributed by atoms with van der Waals surface area (Å²) in [6.45, 7) is 7.07. The molecule has 1 fully saturated rings. The predicted octanol–water partition coefficient (Wildman–Crippen LogP) is 3.99. The minimum Gasteiger partial charge on any atom is -0.465 e. The fourth-order valence-electron chi connectivity index (χ4n) is 4.35. The average Bonchev–Trinajstić information content (AvgIpc) is 3.19. The monoisotopic (exact) mass is 529 g/mol. The molecule has 1 atom stereocenters. The minimum absolute atomic E-state index is 0.0587. The van der Waals surface area contributed by atoms with Crippen molar-refractivity contribution in [2.24, 2.45) is 10.9 Å². The van der Waals surface area contributed by atoms with Gasteiger partial charge in [-0.2, -0.15) is 9.30 Å². The Morgan fingerprint density at radius 1 is 1.14 bits per heavy atom. The van der Waals surface area contributed by atoms with Crippen LogP contribution >= 0.6 is 11.3 Å². The lowest BCUT2D eigenvalue weighted by atomic mass is 10.0. The van der Waals surface area contributed by atoms with E-state index in [1.165, 1.54) is 39.9 Å². The summed E-state index contributed by atoms with van der Waals surface area (Å²) in [5, 5.41) is 0. The lowest BCUT2D eigenvalue weighted by molar-refractivity contribution is -0.143. The zero-order valence-corrected chi connectivity index (χ0v) is 22.4. The van der Waals surface area contributed by atoms with Crippen molar-refractivity contribution < 1.29 is 22.7 Å². The molecule has 2 heterocycles. The minimum atomic E-state index is -3.61. The largest absolute Gasteiger partial charge is 0.465 e. The number of benzene rings is 2. The molecule has 1 unspecified atom stereocenters. The first kappa shape index (κ1) is 26.2. The van der Waals surface area contributed by atoms with Crippen molar-refractivity contribution in [3.8, 4) is 0 Å². The Labute approximate surface area is 215 Å². The van der Waals surface area contributed by atoms with Gasteiger partial charge in [0.25, 0.3) is 5.91 Å². The maximum Gasteiger partial charge on any atom is 0.326 e. The van der Waals surface area contributed by atoms with Crippen LogP contribution in [0, 0.1) is 5.92 Å². The quantitative estimate of drug-likeness (QED) is 0.431. The van der Waals surface area contributed by atoms with E-state index in [-0.39, 0.29) is 23.6 Å². The molecule has 1 amide bonds. The number of aromatic nitrogens is 1. The van der Waals surface area contributed by atoms with E-state index >= 15 is 0 Å². The number of nitrogens with zero attached hydrogens (tertiary/aromatic N) is 3. The van der Waals surface area contributed by atoms with Crippen LogP contribution in [0.15, 0.2) is 52.4 Å². The first-order valence-corrected chi connectivity index (χ1v) is 14.5. The van der Waals surface area contributed by atoms with Gasteiger partial charge in [-0.25, -0.2) is 8.42 Å². The average molecular weight is 530 g/mol. The summed E-state index contributed by atoms with van der Waals surface area (Å²) >= 11 is 1.33. The fraction of sp³-hybridized carbons (Fsp3) is 0.423. The number of hydrogen-bond donors (Lipinski definition) is 0. The standard InChI is InChI=1S/C26H31N3O5S2/c1-4-19-8-13-22-23(15-19)35-26(29(22)17-24(30)34-5-2)27-25(31)20-9-11-21(12-10-20)36(32,33)28-14-6-7-18(3)16-28/h8-13,15,18H,4-7,14,16-17H2,1-3H3. The maximum absolute atomic E-state index is 13.0. The number of ether oxygens (including phenoxy) is 1. The molecule has 1 aliphatic heterocycles. The summed E-state index contributed by atoms with van der Waals surface area (Å²) in [6, 6.07) is 11.9. The lowest BCUT2D eigenvalue weighted by Crippen LogP contribution is -2.39. The molecule has 2 aromatic carbocycles. The zero-order chi connectivity index (χ0) is 25.9. The second-order valence-electron chi connectivity index (χ2n) is 8.98. The maximum atomic E-state index is 13.0. The van der Waals surface area contributed by atoms with Gasteiger partial charge < -0.3 is 9.30 Å². The van der Waals surface area contributed by atoms with E-state index in [2.05, 4.69) is 18.8 Å². The highest BCUT2D eigenvalue weighted by molar-refractivity contribution is 7.89. The number of carbonyl (C=O) groups is 2. The number of aryl methyl sites for hydroxylation is 1. The summed E-state index contributed by atoms with van der Waals surface area (Å²) in [6.07, 6.45) is 2.73. The van der Waals surface area contributed by atoms with E-state index < -0.39 is 21.9 Å². The van der Waals surface area contributed by atoms with Crippen molar-refractivity contribution in [3.05, 3.63) is 58.4 Å². The van der Waals surface area contributed by atoms with Crippen molar-refractivity contribution in [3.63, 3.8) is 0 Å². The topological polar surface area (TPSA) is 98.0 Å². The van der Waals surface area contributed by atoms with Crippen LogP contribution in [0.5, 0.6) is 0 Å². The number of fused-ring (bicyclic) bond motifs is 1. The Hall–Kier alpha value is -2.82. The molecule has 8 nitrogen and oxygen atoms in total. The van der Waals surface area contributed by atoms with E-state index in [0.29, 0.717) is 23.8 Å². The fourth-order valence-corrected chi connectivity index (χ4v) is 7.04. The van der Waals surface area contributed by atoms with Crippen LogP contribution in [-0.4, -0.2) is 48.9 Å². The molecule has 1 saturated heterocycles. The van der Waals surface area contributed by atoms with Gasteiger partial charge in [-0.05, 0) is 74.1 Å². The molecular weight excluding hydrogens is 498 g/mol. The first-order valence-electron chi connectivity index (χ1n) is 12.2. The molecule has 4 rings (SSSR count). The summed E-state index contributed by atoms with van der Waals surface area (Å²) in [5.41, 5.74) is 2.22. The Morgan fingerprint density at radius 3 is 2.56 bits per heavy atom. The Bertz CT molecular complexity index is 1440. The molecule has 0 aliphatic carbocycles. The molecular formula is C26H31N3O5S2. The molecule has 0 spiro atoms. The Morgan fingerprint density at radius 2 is 1.89 bits per heavy atom. The Kier molecular flexibility index (Phi) is 8.07. The highest BCUT2D eigenvalue weighted by Crippen LogP contribution is 2.24. The van der Waals surface area contributed by atoms with Gasteiger partial charge in [0.2, 0.25) is 10.0 Å². The van der Waals surface area contributed by atoms with Gasteiger partial charge in [0.05, 0.1) is 21.7 Å². The van der Waals surface area contributed by atoms with Gasteiger partial charge in [0, 0.05) is 18.7 Å². The third-order valence-corrected chi connectivity index (χ3v) is 9.22. The Balaban J connectivity index is 1.65. The number of thiazole rings is 1. The van der Waals surface area contributed by atoms with Crippen LogP contribution < -0.4 is 4.80 Å². The molecule has 0 radical (unpaired) electrons. The van der Waals surface area contributed by atoms with Crippen molar-refractivity contribution in [1.29, 1.82) is 0 Å². The molecule has 10 heteroatoms. The van der Waals surface area contributed by atoms with Gasteiger partial charge >= 0.3 is 5.97 Å². The van der Waals surface area contributed by atoms with Crippen LogP contribution in [0.1, 0.15) is 49.5 Å². The van der Waals surface area contributed by atoms with Gasteiger partial charge in [-0.1, -0.05) is 31.3 Å². The molecule has 0 saturated carbocycles. The summed E-state index contributed by atoms with van der Waals surface area (Å²) in [7, 11) is -3.61. The van der Waals surface area contributed by atoms with Gasteiger partial charge in [0.1, 0.15) is 6.54 Å². The smallest absolute Gasteiger partial charge is 0.326 e. The van der Waals surface area contributed by atoms with Crippen molar-refractivity contribution >= 4 is 43.5 Å². The number of hydrogen-bond acceptors (Lipinski definition) is 6. The normalized spacial score (nSPS) is 17.4. The molecule has 192 valence electrons. The predicted molar refractivity (Wildman–Crippen MR) is 139 cm³/mol. The highest BCUT2D eigenvalue weighted by Gasteiger charge is 2.28. The van der Waals surface area contributed by atoms with E-state index in [9.17, 15) is 18.0 Å². The third-order valence-electron chi connectivity index (χ3n) is 6.30. The van der Waals surface area contributed by atoms with Gasteiger partial charge in [0.15, 0.2) is 4.80 Å². The molecule has 1 aromatic heterocycles. The van der Waals surface area contributed by atoms with Gasteiger partial charge in [-0.3, -0.25) is 9.59 Å². The number of carbonyl (C=O) groups excluding carboxylic acids is 2. The van der Waals surface area contributed by atoms with E-state index in [1.807, 2.05) is 18.2 Å². The van der Waals surface area contributed by atoms with E-state index in [4.69, 9.17) is 4.74 Å². The molecule has 0 bridgehead atoms. The van der Waals surface area contributed by atoms with Crippen molar-refractivity contribution in [1.82, 2.24) is 8.87 Å². The van der Waals surface area contributed by atoms with Crippen molar-refractivity contribution in [2.45, 2.75) is 51.5 Å². The molecule has 0 N–H and O–H groups in total. The van der Waals surface area contributed by atoms with Gasteiger partial charge in [-0.15, -0.1) is 0 Å². The summed E-state index contributed by atoms with van der Waals surface area (Å²) < 4.78 is 35.3. The number of piperidine rings is 1. The van der Waals surface area contributed by atoms with Crippen LogP contribution in [0.3, 0.4) is 0 Å². The number of rotatable bonds is 7. The number of esters is 1. The van der Waals surface area contributed by atoms with Crippen LogP contribution in [0.25, 0.3) is 10.2 Å². The molecule has 36 heavy (non-hydrogen) atoms. The number of sulfonamides is 1. The first-order chi connectivity index (χ1) is 17.2. The second-order valence-corrected chi connectivity index (χ2v) is 11.9. The van der Waals surface area contributed by atoms with Crippen molar-refractivity contribution in [2.75, 3.05) is 19.7 Å². The lowest BCUT2D eigenvalue weighted by Gasteiger charge is -2.30. The van der Waals surface area contributed by atoms with E-state index in [1.54, 1.807) is 11.5 Å². The van der Waals surface area contributed by atoms with Crippen LogP contribution in [-0.2, 0) is 32.5 Å². The molecule has 3 aromatic rings. The van der Waals surface area contributed by atoms with Crippen LogP contribution in [0.4, 0.5) is 0 Å².